The first-order chi connectivity index (χ1) is 9.71. The number of hydrogen-bond acceptors (Lipinski definition) is 4. The number of ether oxygens (including phenoxy) is 2. The molecule has 0 atom stereocenters. The number of nitrogens with one attached hydrogen (secondary N) is 1. The van der Waals surface area contributed by atoms with E-state index >= 15 is 0 Å². The van der Waals surface area contributed by atoms with Crippen molar-refractivity contribution in [2.45, 2.75) is 12.2 Å². The minimum Gasteiger partial charge on any atom is -0.421 e. The average Bonchev–Trinajstić information content (AvgIpc) is 2.76. The Morgan fingerprint density at radius 1 is 1.05 bits per heavy atom. The molecule has 3 N–H and O–H groups in total. The smallest absolute Gasteiger partial charge is 0.421 e. The molecule has 0 bridgehead atoms. The monoisotopic (exact) mass is 367 g/mol. The summed E-state index contributed by atoms with van der Waals surface area (Å²) in [6.45, 7) is 0. The number of halogens is 5. The number of anilines is 1. The van der Waals surface area contributed by atoms with E-state index in [1.165, 1.54) is 6.20 Å². The summed E-state index contributed by atoms with van der Waals surface area (Å²) in [7, 11) is 0. The van der Waals surface area contributed by atoms with Gasteiger partial charge in [-0.05, 0) is 12.1 Å². The van der Waals surface area contributed by atoms with E-state index in [9.17, 15) is 17.6 Å². The van der Waals surface area contributed by atoms with Crippen molar-refractivity contribution in [3.63, 3.8) is 0 Å². The number of nitrogen functional groups attached to an aromatic ring is 1. The van der Waals surface area contributed by atoms with Gasteiger partial charge in [-0.25, -0.2) is 0 Å². The fraction of sp³-hybridized carbons (Fsp3) is 0.182. The van der Waals surface area contributed by atoms with Crippen LogP contribution in [0.2, 0.25) is 0 Å². The molecule has 0 unspecified atom stereocenters. The van der Waals surface area contributed by atoms with E-state index in [2.05, 4.69) is 35.6 Å². The first kappa shape index (κ1) is 14.0. The molecule has 3 rings (SSSR count). The minimum absolute atomic E-state index is 0.185. The third-order valence-corrected chi connectivity index (χ3v) is 3.46. The van der Waals surface area contributed by atoms with Crippen LogP contribution in [0.4, 0.5) is 23.4 Å². The van der Waals surface area contributed by atoms with Crippen molar-refractivity contribution in [1.29, 1.82) is 0 Å². The summed E-state index contributed by atoms with van der Waals surface area (Å²) >= 11 is 3.13. The van der Waals surface area contributed by atoms with Crippen LogP contribution >= 0.6 is 15.9 Å². The number of nitrogens with two attached hydrogens (primary N) is 1. The average molecular weight is 368 g/mol. The molecule has 1 aromatic heterocycles. The van der Waals surface area contributed by atoms with Crippen molar-refractivity contribution >= 4 is 21.7 Å². The van der Waals surface area contributed by atoms with E-state index in [4.69, 9.17) is 5.73 Å². The molecule has 0 fully saturated rings. The van der Waals surface area contributed by atoms with Crippen LogP contribution in [0, 0.1) is 0 Å². The molecule has 2 heterocycles. The maximum Gasteiger partial charge on any atom is 0.507 e. The van der Waals surface area contributed by atoms with E-state index in [0.29, 0.717) is 15.6 Å². The van der Waals surface area contributed by atoms with Crippen molar-refractivity contribution < 1.29 is 27.0 Å². The summed E-state index contributed by atoms with van der Waals surface area (Å²) in [5.74, 6) is -0.849. The number of benzene rings is 1. The molecule has 1 aromatic carbocycles. The fourth-order valence-corrected chi connectivity index (χ4v) is 2.34. The highest BCUT2D eigenvalue weighted by Gasteiger charge is 2.66. The van der Waals surface area contributed by atoms with Crippen molar-refractivity contribution in [2.75, 3.05) is 5.73 Å². The SMILES string of the molecule is Nc1[nH]ncc1-c1cc2c(cc1Br)OC(F)(F)C(F)(F)O2. The number of aromatic amines is 1. The second-order valence-electron chi connectivity index (χ2n) is 4.21. The van der Waals surface area contributed by atoms with Gasteiger partial charge in [0.25, 0.3) is 0 Å². The van der Waals surface area contributed by atoms with Crippen LogP contribution in [0.25, 0.3) is 11.1 Å². The molecule has 0 spiro atoms. The second kappa shape index (κ2) is 4.26. The third kappa shape index (κ3) is 2.09. The van der Waals surface area contributed by atoms with E-state index in [1.54, 1.807) is 0 Å². The van der Waals surface area contributed by atoms with E-state index in [-0.39, 0.29) is 5.82 Å². The molecule has 1 aliphatic heterocycles. The molecule has 0 saturated carbocycles. The molecule has 1 aliphatic rings. The first-order valence-electron chi connectivity index (χ1n) is 5.48. The van der Waals surface area contributed by atoms with Gasteiger partial charge in [-0.2, -0.15) is 22.7 Å². The van der Waals surface area contributed by atoms with Crippen molar-refractivity contribution in [3.05, 3.63) is 22.8 Å². The number of alkyl halides is 4. The van der Waals surface area contributed by atoms with Gasteiger partial charge in [-0.1, -0.05) is 15.9 Å². The van der Waals surface area contributed by atoms with Crippen molar-refractivity contribution in [2.24, 2.45) is 0 Å². The molecule has 10 heteroatoms. The summed E-state index contributed by atoms with van der Waals surface area (Å²) in [4.78, 5) is 0. The normalized spacial score (nSPS) is 18.5. The van der Waals surface area contributed by atoms with Gasteiger partial charge >= 0.3 is 12.2 Å². The van der Waals surface area contributed by atoms with Gasteiger partial charge in [0, 0.05) is 15.6 Å². The zero-order chi connectivity index (χ0) is 15.4. The van der Waals surface area contributed by atoms with E-state index in [1.807, 2.05) is 0 Å². The maximum absolute atomic E-state index is 13.2. The van der Waals surface area contributed by atoms with Crippen LogP contribution in [0.3, 0.4) is 0 Å². The van der Waals surface area contributed by atoms with Crippen LogP contribution in [0.5, 0.6) is 11.5 Å². The Kier molecular flexibility index (Phi) is 2.84. The Labute approximate surface area is 123 Å². The fourth-order valence-electron chi connectivity index (χ4n) is 1.81. The van der Waals surface area contributed by atoms with Crippen LogP contribution in [-0.4, -0.2) is 22.4 Å². The summed E-state index contributed by atoms with van der Waals surface area (Å²) in [6, 6.07) is 2.21. The first-order valence-corrected chi connectivity index (χ1v) is 6.27. The van der Waals surface area contributed by atoms with Crippen molar-refractivity contribution in [1.82, 2.24) is 10.2 Å². The van der Waals surface area contributed by atoms with Gasteiger partial charge < -0.3 is 15.2 Å². The largest absolute Gasteiger partial charge is 0.507 e. The summed E-state index contributed by atoms with van der Waals surface area (Å²) < 4.78 is 60.9. The lowest BCUT2D eigenvalue weighted by Crippen LogP contribution is -2.52. The van der Waals surface area contributed by atoms with E-state index in [0.717, 1.165) is 12.1 Å². The molecule has 5 nitrogen and oxygen atoms in total. The van der Waals surface area contributed by atoms with Gasteiger partial charge in [0.2, 0.25) is 0 Å². The molecule has 0 amide bonds. The van der Waals surface area contributed by atoms with E-state index < -0.39 is 23.7 Å². The predicted octanol–water partition coefficient (Wildman–Crippen LogP) is 3.38. The lowest BCUT2D eigenvalue weighted by atomic mass is 10.1. The van der Waals surface area contributed by atoms with Gasteiger partial charge in [0.05, 0.1) is 6.20 Å². The number of hydrogen-bond donors (Lipinski definition) is 2. The van der Waals surface area contributed by atoms with Gasteiger partial charge in [-0.3, -0.25) is 5.10 Å². The number of H-pyrrole nitrogens is 1. The molecule has 0 aliphatic carbocycles. The third-order valence-electron chi connectivity index (χ3n) is 2.81. The molecule has 2 aromatic rings. The molecule has 0 radical (unpaired) electrons. The molecule has 112 valence electrons. The second-order valence-corrected chi connectivity index (χ2v) is 5.07. The Balaban J connectivity index is 2.13. The standard InChI is InChI=1S/C11H6BrF4N3O2/c12-6-2-8-7(20-10(13,14)11(15,16)21-8)1-4(6)5-3-18-19-9(5)17/h1-3H,(H3,17,18,19). The molecule has 0 saturated heterocycles. The number of nitrogens with zero attached hydrogens (tertiary/aromatic N) is 1. The predicted molar refractivity (Wildman–Crippen MR) is 67.3 cm³/mol. The van der Waals surface area contributed by atoms with Crippen LogP contribution in [0.15, 0.2) is 22.8 Å². The zero-order valence-electron chi connectivity index (χ0n) is 9.96. The highest BCUT2D eigenvalue weighted by atomic mass is 79.9. The summed E-state index contributed by atoms with van der Waals surface area (Å²) in [5.41, 5.74) is 6.37. The van der Waals surface area contributed by atoms with Crippen molar-refractivity contribution in [3.8, 4) is 22.6 Å². The summed E-state index contributed by atoms with van der Waals surface area (Å²) in [6.07, 6.45) is -8.17. The van der Waals surface area contributed by atoms with Crippen LogP contribution < -0.4 is 15.2 Å². The van der Waals surface area contributed by atoms with Crippen LogP contribution in [0.1, 0.15) is 0 Å². The lowest BCUT2D eigenvalue weighted by molar-refractivity contribution is -0.391. The number of aromatic nitrogens is 2. The molecular formula is C11H6BrF4N3O2. The topological polar surface area (TPSA) is 73.2 Å². The minimum atomic E-state index is -4.77. The lowest BCUT2D eigenvalue weighted by Gasteiger charge is -2.32. The zero-order valence-corrected chi connectivity index (χ0v) is 11.5. The highest BCUT2D eigenvalue weighted by Crippen LogP contribution is 2.50. The number of rotatable bonds is 1. The van der Waals surface area contributed by atoms with Gasteiger partial charge in [0.15, 0.2) is 11.5 Å². The van der Waals surface area contributed by atoms with Gasteiger partial charge in [-0.15, -0.1) is 0 Å². The molecular weight excluding hydrogens is 362 g/mol. The Hall–Kier alpha value is -1.97. The summed E-state index contributed by atoms with van der Waals surface area (Å²) in [5, 5.41) is 6.16. The Morgan fingerprint density at radius 3 is 2.14 bits per heavy atom. The highest BCUT2D eigenvalue weighted by molar-refractivity contribution is 9.10. The quantitative estimate of drug-likeness (QED) is 0.757. The van der Waals surface area contributed by atoms with Crippen LogP contribution in [-0.2, 0) is 0 Å². The van der Waals surface area contributed by atoms with Gasteiger partial charge in [0.1, 0.15) is 5.82 Å². The molecule has 21 heavy (non-hydrogen) atoms. The number of fused-ring (bicyclic) bond motifs is 1. The Bertz CT molecular complexity index is 719. The Morgan fingerprint density at radius 2 is 1.62 bits per heavy atom. The maximum atomic E-state index is 13.2.